The Morgan fingerprint density at radius 2 is 1.69 bits per heavy atom. The van der Waals surface area contributed by atoms with Crippen LogP contribution in [0.2, 0.25) is 4.34 Å². The van der Waals surface area contributed by atoms with E-state index in [4.69, 9.17) is 21.8 Å². The molecule has 0 unspecified atom stereocenters. The maximum Gasteiger partial charge on any atom is 0.340 e. The molecule has 7 heteroatoms. The summed E-state index contributed by atoms with van der Waals surface area (Å²) in [5.74, 6) is -3.19. The molecule has 0 aromatic carbocycles. The summed E-state index contributed by atoms with van der Waals surface area (Å²) in [6, 6.07) is 0. The van der Waals surface area contributed by atoms with Gasteiger partial charge in [0.25, 0.3) is 0 Å². The Labute approximate surface area is 80.2 Å². The summed E-state index contributed by atoms with van der Waals surface area (Å²) in [6.07, 6.45) is 0. The maximum absolute atomic E-state index is 12.8. The largest absolute Gasteiger partial charge is 0.478 e. The molecule has 0 saturated heterocycles. The number of hydrogen-bond donors (Lipinski definition) is 2. The van der Waals surface area contributed by atoms with Crippen LogP contribution >= 0.6 is 22.9 Å². The van der Waals surface area contributed by atoms with Crippen molar-refractivity contribution in [2.75, 3.05) is 0 Å². The zero-order valence-corrected chi connectivity index (χ0v) is 7.45. The lowest BCUT2D eigenvalue weighted by Crippen LogP contribution is -2.06. The van der Waals surface area contributed by atoms with Crippen molar-refractivity contribution in [2.45, 2.75) is 0 Å². The monoisotopic (exact) mass is 224 g/mol. The number of carboxylic acid groups (broad SMARTS) is 2. The normalized spacial score (nSPS) is 10.0. The molecule has 0 atom stereocenters. The first-order valence-electron chi connectivity index (χ1n) is 2.89. The van der Waals surface area contributed by atoms with Gasteiger partial charge in [-0.1, -0.05) is 22.9 Å². The number of carboxylic acids is 2. The highest BCUT2D eigenvalue weighted by Crippen LogP contribution is 2.31. The van der Waals surface area contributed by atoms with Crippen LogP contribution in [0.4, 0.5) is 4.39 Å². The molecule has 0 fully saturated rings. The lowest BCUT2D eigenvalue weighted by atomic mass is 10.2. The van der Waals surface area contributed by atoms with Gasteiger partial charge < -0.3 is 10.2 Å². The van der Waals surface area contributed by atoms with E-state index in [2.05, 4.69) is 0 Å². The number of halogens is 2. The molecule has 0 spiro atoms. The number of rotatable bonds is 2. The Balaban J connectivity index is 3.47. The van der Waals surface area contributed by atoms with Crippen molar-refractivity contribution in [1.29, 1.82) is 0 Å². The fraction of sp³-hybridized carbons (Fsp3) is 0. The van der Waals surface area contributed by atoms with Gasteiger partial charge in [0.1, 0.15) is 15.5 Å². The number of carbonyl (C=O) groups is 2. The molecule has 1 heterocycles. The second kappa shape index (κ2) is 3.31. The smallest absolute Gasteiger partial charge is 0.340 e. The van der Waals surface area contributed by atoms with Gasteiger partial charge in [0.2, 0.25) is 0 Å². The van der Waals surface area contributed by atoms with Gasteiger partial charge in [-0.05, 0) is 0 Å². The molecule has 1 rings (SSSR count). The van der Waals surface area contributed by atoms with Crippen LogP contribution in [0.25, 0.3) is 0 Å². The van der Waals surface area contributed by atoms with E-state index in [-0.39, 0.29) is 15.7 Å². The zero-order valence-electron chi connectivity index (χ0n) is 5.88. The Bertz CT molecular complexity index is 352. The van der Waals surface area contributed by atoms with Gasteiger partial charge in [-0.25, -0.2) is 9.59 Å². The lowest BCUT2D eigenvalue weighted by molar-refractivity contribution is 0.0649. The molecule has 0 amide bonds. The molecule has 1 aromatic rings. The van der Waals surface area contributed by atoms with Crippen LogP contribution in [-0.4, -0.2) is 22.2 Å². The number of thiophene rings is 1. The topological polar surface area (TPSA) is 74.6 Å². The first-order chi connectivity index (χ1) is 5.95. The SMILES string of the molecule is O=C(O)c1c(F)sc(Cl)c1C(=O)O. The number of aromatic carboxylic acids is 2. The van der Waals surface area contributed by atoms with E-state index in [9.17, 15) is 14.0 Å². The Hall–Kier alpha value is -1.14. The standard InChI is InChI=1S/C6H2ClFO4S/c7-3-1(5(9)10)2(6(11)12)4(8)13-3/h(H,9,10)(H,11,12). The molecule has 0 radical (unpaired) electrons. The van der Waals surface area contributed by atoms with Crippen LogP contribution in [0.1, 0.15) is 20.7 Å². The van der Waals surface area contributed by atoms with Crippen LogP contribution in [0, 0.1) is 5.13 Å². The predicted octanol–water partition coefficient (Wildman–Crippen LogP) is 1.94. The predicted molar refractivity (Wildman–Crippen MR) is 43.2 cm³/mol. The summed E-state index contributed by atoms with van der Waals surface area (Å²) >= 11 is 5.61. The third-order valence-electron chi connectivity index (χ3n) is 1.25. The van der Waals surface area contributed by atoms with E-state index in [0.717, 1.165) is 0 Å². The number of hydrogen-bond acceptors (Lipinski definition) is 3. The fourth-order valence-corrected chi connectivity index (χ4v) is 1.88. The Morgan fingerprint density at radius 3 is 2.00 bits per heavy atom. The lowest BCUT2D eigenvalue weighted by Gasteiger charge is -1.92. The molecular weight excluding hydrogens is 223 g/mol. The van der Waals surface area contributed by atoms with Crippen molar-refractivity contribution < 1.29 is 24.2 Å². The van der Waals surface area contributed by atoms with Gasteiger partial charge in [0.15, 0.2) is 5.13 Å². The highest BCUT2D eigenvalue weighted by Gasteiger charge is 2.27. The quantitative estimate of drug-likeness (QED) is 0.805. The van der Waals surface area contributed by atoms with E-state index in [0.29, 0.717) is 0 Å². The van der Waals surface area contributed by atoms with Gasteiger partial charge in [-0.15, -0.1) is 0 Å². The van der Waals surface area contributed by atoms with Crippen molar-refractivity contribution in [1.82, 2.24) is 0 Å². The molecule has 70 valence electrons. The molecule has 0 saturated carbocycles. The Kier molecular flexibility index (Phi) is 2.53. The van der Waals surface area contributed by atoms with E-state index in [1.54, 1.807) is 0 Å². The van der Waals surface area contributed by atoms with Gasteiger partial charge >= 0.3 is 11.9 Å². The Morgan fingerprint density at radius 1 is 1.23 bits per heavy atom. The van der Waals surface area contributed by atoms with Gasteiger partial charge in [0, 0.05) is 0 Å². The van der Waals surface area contributed by atoms with E-state index in [1.165, 1.54) is 0 Å². The molecule has 0 aliphatic carbocycles. The average molecular weight is 225 g/mol. The van der Waals surface area contributed by atoms with E-state index in [1.807, 2.05) is 0 Å². The first kappa shape index (κ1) is 9.94. The highest BCUT2D eigenvalue weighted by molar-refractivity contribution is 7.15. The van der Waals surface area contributed by atoms with Gasteiger partial charge in [-0.3, -0.25) is 0 Å². The molecular formula is C6H2ClFO4S. The highest BCUT2D eigenvalue weighted by atomic mass is 35.5. The van der Waals surface area contributed by atoms with Crippen molar-refractivity contribution in [2.24, 2.45) is 0 Å². The van der Waals surface area contributed by atoms with E-state index < -0.39 is 28.2 Å². The van der Waals surface area contributed by atoms with Crippen LogP contribution in [0.15, 0.2) is 0 Å². The average Bonchev–Trinajstić information content (AvgIpc) is 2.24. The van der Waals surface area contributed by atoms with Crippen LogP contribution in [-0.2, 0) is 0 Å². The summed E-state index contributed by atoms with van der Waals surface area (Å²) in [6.45, 7) is 0. The minimum Gasteiger partial charge on any atom is -0.478 e. The zero-order chi connectivity index (χ0) is 10.2. The minimum atomic E-state index is -1.64. The summed E-state index contributed by atoms with van der Waals surface area (Å²) in [5, 5.41) is 15.9. The van der Waals surface area contributed by atoms with Crippen LogP contribution < -0.4 is 0 Å². The van der Waals surface area contributed by atoms with Crippen LogP contribution in [0.5, 0.6) is 0 Å². The molecule has 1 aromatic heterocycles. The second-order valence-corrected chi connectivity index (χ2v) is 3.58. The second-order valence-electron chi connectivity index (χ2n) is 2.01. The van der Waals surface area contributed by atoms with Crippen molar-refractivity contribution in [3.05, 3.63) is 20.6 Å². The molecule has 13 heavy (non-hydrogen) atoms. The molecule has 2 N–H and O–H groups in total. The van der Waals surface area contributed by atoms with Crippen molar-refractivity contribution in [3.63, 3.8) is 0 Å². The summed E-state index contributed by atoms with van der Waals surface area (Å²) in [4.78, 5) is 20.9. The molecule has 0 bridgehead atoms. The molecule has 4 nitrogen and oxygen atoms in total. The molecule has 0 aliphatic heterocycles. The third-order valence-corrected chi connectivity index (χ3v) is 2.44. The van der Waals surface area contributed by atoms with E-state index >= 15 is 0 Å². The minimum absolute atomic E-state index is 0.290. The summed E-state index contributed by atoms with van der Waals surface area (Å²) < 4.78 is 12.4. The van der Waals surface area contributed by atoms with Gasteiger partial charge in [0.05, 0.1) is 0 Å². The first-order valence-corrected chi connectivity index (χ1v) is 4.09. The third kappa shape index (κ3) is 1.63. The van der Waals surface area contributed by atoms with Gasteiger partial charge in [-0.2, -0.15) is 4.39 Å². The van der Waals surface area contributed by atoms with Crippen LogP contribution in [0.3, 0.4) is 0 Å². The van der Waals surface area contributed by atoms with Crippen molar-refractivity contribution in [3.8, 4) is 0 Å². The maximum atomic E-state index is 12.8. The van der Waals surface area contributed by atoms with Crippen molar-refractivity contribution >= 4 is 34.9 Å². The fourth-order valence-electron chi connectivity index (χ4n) is 0.759. The molecule has 0 aliphatic rings. The summed E-state index contributed by atoms with van der Waals surface area (Å²) in [5.41, 5.74) is -1.58. The summed E-state index contributed by atoms with van der Waals surface area (Å²) in [7, 11) is 0.